The molecule has 0 aliphatic rings. The molecule has 1 amide bonds. The number of aryl methyl sites for hydroxylation is 1. The van der Waals surface area contributed by atoms with Gasteiger partial charge in [-0.25, -0.2) is 0 Å². The smallest absolute Gasteiger partial charge is 0.265 e. The molecule has 0 aliphatic carbocycles. The zero-order chi connectivity index (χ0) is 17.5. The molecule has 0 unspecified atom stereocenters. The summed E-state index contributed by atoms with van der Waals surface area (Å²) < 4.78 is 5.65. The van der Waals surface area contributed by atoms with Crippen LogP contribution in [0.3, 0.4) is 0 Å². The van der Waals surface area contributed by atoms with Crippen molar-refractivity contribution in [1.82, 2.24) is 0 Å². The fourth-order valence-electron chi connectivity index (χ4n) is 2.09. The molecular weight excluding hydrogens is 326 g/mol. The molecule has 0 heterocycles. The number of hydrogen-bond donors (Lipinski definition) is 1. The fraction of sp³-hybridized carbons (Fsp3) is 0.263. The average Bonchev–Trinajstić information content (AvgIpc) is 2.56. The molecule has 0 fully saturated rings. The molecule has 0 saturated carbocycles. The van der Waals surface area contributed by atoms with Gasteiger partial charge in [0.2, 0.25) is 0 Å². The highest BCUT2D eigenvalue weighted by molar-refractivity contribution is 6.30. The van der Waals surface area contributed by atoms with Gasteiger partial charge in [0.25, 0.3) is 5.91 Å². The Bertz CT molecular complexity index is 696. The fourth-order valence-corrected chi connectivity index (χ4v) is 2.22. The molecule has 1 atom stereocenters. The number of amides is 1. The Morgan fingerprint density at radius 3 is 2.29 bits per heavy atom. The van der Waals surface area contributed by atoms with Gasteiger partial charge in [-0.1, -0.05) is 23.7 Å². The maximum absolute atomic E-state index is 12.1. The van der Waals surface area contributed by atoms with Crippen molar-refractivity contribution in [1.29, 1.82) is 0 Å². The van der Waals surface area contributed by atoms with E-state index in [2.05, 4.69) is 5.32 Å². The Balaban J connectivity index is 1.88. The Hall–Kier alpha value is -2.33. The van der Waals surface area contributed by atoms with E-state index in [0.29, 0.717) is 29.3 Å². The van der Waals surface area contributed by atoms with E-state index in [1.54, 1.807) is 38.1 Å². The largest absolute Gasteiger partial charge is 0.481 e. The molecule has 0 aliphatic heterocycles. The van der Waals surface area contributed by atoms with Crippen molar-refractivity contribution in [2.24, 2.45) is 0 Å². The van der Waals surface area contributed by atoms with Gasteiger partial charge >= 0.3 is 0 Å². The molecule has 0 bridgehead atoms. The summed E-state index contributed by atoms with van der Waals surface area (Å²) in [5.74, 6) is 0.543. The van der Waals surface area contributed by atoms with Crippen molar-refractivity contribution in [3.05, 3.63) is 59.1 Å². The lowest BCUT2D eigenvalue weighted by Gasteiger charge is -2.15. The molecule has 0 spiro atoms. The van der Waals surface area contributed by atoms with E-state index in [9.17, 15) is 9.59 Å². The van der Waals surface area contributed by atoms with Gasteiger partial charge in [0.1, 0.15) is 11.5 Å². The number of rotatable bonds is 7. The molecule has 1 N–H and O–H groups in total. The van der Waals surface area contributed by atoms with Gasteiger partial charge in [-0.3, -0.25) is 4.79 Å². The number of carbonyl (C=O) groups excluding carboxylic acids is 2. The van der Waals surface area contributed by atoms with E-state index >= 15 is 0 Å². The summed E-state index contributed by atoms with van der Waals surface area (Å²) in [6, 6.07) is 14.3. The van der Waals surface area contributed by atoms with Crippen molar-refractivity contribution < 1.29 is 14.3 Å². The summed E-state index contributed by atoms with van der Waals surface area (Å²) in [6.07, 6.45) is 0.603. The Morgan fingerprint density at radius 2 is 1.71 bits per heavy atom. The molecule has 0 radical (unpaired) electrons. The average molecular weight is 346 g/mol. The Morgan fingerprint density at radius 1 is 1.08 bits per heavy atom. The zero-order valence-electron chi connectivity index (χ0n) is 13.7. The highest BCUT2D eigenvalue weighted by Gasteiger charge is 2.14. The van der Waals surface area contributed by atoms with Crippen LogP contribution in [0.1, 0.15) is 25.8 Å². The molecule has 24 heavy (non-hydrogen) atoms. The predicted octanol–water partition coefficient (Wildman–Crippen LogP) is 4.27. The zero-order valence-corrected chi connectivity index (χ0v) is 14.5. The minimum absolute atomic E-state index is 0.169. The predicted molar refractivity (Wildman–Crippen MR) is 95.6 cm³/mol. The van der Waals surface area contributed by atoms with Gasteiger partial charge in [0.05, 0.1) is 0 Å². The number of ketones is 1. The minimum Gasteiger partial charge on any atom is -0.481 e. The van der Waals surface area contributed by atoms with E-state index in [1.165, 1.54) is 0 Å². The van der Waals surface area contributed by atoms with Gasteiger partial charge < -0.3 is 14.8 Å². The number of halogens is 1. The molecule has 2 rings (SSSR count). The van der Waals surface area contributed by atoms with Crippen molar-refractivity contribution in [2.45, 2.75) is 32.8 Å². The second kappa shape index (κ2) is 8.50. The minimum atomic E-state index is -0.635. The van der Waals surface area contributed by atoms with Crippen LogP contribution in [0.2, 0.25) is 5.02 Å². The molecule has 0 aromatic heterocycles. The molecule has 126 valence electrons. The highest BCUT2D eigenvalue weighted by Crippen LogP contribution is 2.17. The van der Waals surface area contributed by atoms with Crippen LogP contribution >= 0.6 is 11.6 Å². The highest BCUT2D eigenvalue weighted by atomic mass is 35.5. The van der Waals surface area contributed by atoms with Gasteiger partial charge in [-0.2, -0.15) is 0 Å². The SMILES string of the molecule is CC(=O)CCc1ccc(O[C@@H](C)C(=O)Nc2ccc(Cl)cc2)cc1. The van der Waals surface area contributed by atoms with Crippen molar-refractivity contribution in [2.75, 3.05) is 5.32 Å². The topological polar surface area (TPSA) is 55.4 Å². The van der Waals surface area contributed by atoms with Gasteiger partial charge in [0.15, 0.2) is 6.10 Å². The van der Waals surface area contributed by atoms with E-state index in [-0.39, 0.29) is 11.7 Å². The summed E-state index contributed by atoms with van der Waals surface area (Å²) in [7, 11) is 0. The van der Waals surface area contributed by atoms with Crippen molar-refractivity contribution in [3.63, 3.8) is 0 Å². The van der Waals surface area contributed by atoms with Crippen LogP contribution in [0.15, 0.2) is 48.5 Å². The lowest BCUT2D eigenvalue weighted by molar-refractivity contribution is -0.122. The first-order valence-electron chi connectivity index (χ1n) is 7.75. The number of hydrogen-bond acceptors (Lipinski definition) is 3. The second-order valence-corrected chi connectivity index (χ2v) is 6.04. The molecule has 4 nitrogen and oxygen atoms in total. The summed E-state index contributed by atoms with van der Waals surface area (Å²) in [5.41, 5.74) is 1.73. The lowest BCUT2D eigenvalue weighted by atomic mass is 10.1. The Kier molecular flexibility index (Phi) is 6.38. The van der Waals surface area contributed by atoms with Crippen molar-refractivity contribution >= 4 is 29.0 Å². The van der Waals surface area contributed by atoms with Crippen LogP contribution in [0.5, 0.6) is 5.75 Å². The standard InChI is InChI=1S/C19H20ClNO3/c1-13(22)3-4-15-5-11-18(12-6-15)24-14(2)19(23)21-17-9-7-16(20)8-10-17/h5-12,14H,3-4H2,1-2H3,(H,21,23)/t14-/m0/s1. The number of benzene rings is 2. The maximum Gasteiger partial charge on any atom is 0.265 e. The van der Waals surface area contributed by atoms with Gasteiger partial charge in [0, 0.05) is 17.1 Å². The monoisotopic (exact) mass is 345 g/mol. The van der Waals surface area contributed by atoms with Gasteiger partial charge in [-0.05, 0) is 62.2 Å². The first kappa shape index (κ1) is 18.0. The van der Waals surface area contributed by atoms with E-state index in [1.807, 2.05) is 24.3 Å². The quantitative estimate of drug-likeness (QED) is 0.815. The molecule has 2 aromatic rings. The van der Waals surface area contributed by atoms with Crippen LogP contribution in [0.4, 0.5) is 5.69 Å². The van der Waals surface area contributed by atoms with Crippen LogP contribution in [-0.2, 0) is 16.0 Å². The number of Topliss-reactive ketones (excluding diaryl/α,β-unsaturated/α-hetero) is 1. The van der Waals surface area contributed by atoms with Crippen molar-refractivity contribution in [3.8, 4) is 5.75 Å². The van der Waals surface area contributed by atoms with E-state index in [4.69, 9.17) is 16.3 Å². The van der Waals surface area contributed by atoms with E-state index in [0.717, 1.165) is 5.56 Å². The molecule has 5 heteroatoms. The number of carbonyl (C=O) groups is 2. The number of ether oxygens (including phenoxy) is 1. The van der Waals surface area contributed by atoms with Gasteiger partial charge in [-0.15, -0.1) is 0 Å². The van der Waals surface area contributed by atoms with Crippen LogP contribution in [-0.4, -0.2) is 17.8 Å². The third kappa shape index (κ3) is 5.70. The summed E-state index contributed by atoms with van der Waals surface area (Å²) in [4.78, 5) is 23.1. The first-order chi connectivity index (χ1) is 11.4. The summed E-state index contributed by atoms with van der Waals surface area (Å²) in [6.45, 7) is 3.27. The van der Waals surface area contributed by atoms with Crippen LogP contribution in [0.25, 0.3) is 0 Å². The first-order valence-corrected chi connectivity index (χ1v) is 8.13. The van der Waals surface area contributed by atoms with Crippen LogP contribution < -0.4 is 10.1 Å². The van der Waals surface area contributed by atoms with Crippen LogP contribution in [0, 0.1) is 0 Å². The third-order valence-corrected chi connectivity index (χ3v) is 3.73. The molecular formula is C19H20ClNO3. The summed E-state index contributed by atoms with van der Waals surface area (Å²) in [5, 5.41) is 3.39. The molecule has 0 saturated heterocycles. The third-order valence-electron chi connectivity index (χ3n) is 3.48. The molecule has 2 aromatic carbocycles. The van der Waals surface area contributed by atoms with E-state index < -0.39 is 6.10 Å². The summed E-state index contributed by atoms with van der Waals surface area (Å²) >= 11 is 5.81. The number of nitrogens with one attached hydrogen (secondary N) is 1. The number of anilines is 1. The Labute approximate surface area is 146 Å². The lowest BCUT2D eigenvalue weighted by Crippen LogP contribution is -2.30. The normalized spacial score (nSPS) is 11.6. The second-order valence-electron chi connectivity index (χ2n) is 5.60. The maximum atomic E-state index is 12.1.